The maximum absolute atomic E-state index is 12.8. The quantitative estimate of drug-likeness (QED) is 0.148. The number of hydrogen-bond acceptors (Lipinski definition) is 5. The second kappa shape index (κ2) is 14.8. The lowest BCUT2D eigenvalue weighted by Crippen LogP contribution is -2.44. The molecule has 0 bridgehead atoms. The van der Waals surface area contributed by atoms with Crippen LogP contribution in [0.5, 0.6) is 11.5 Å². The number of carboxylic acids is 1. The Morgan fingerprint density at radius 2 is 1.00 bits per heavy atom. The van der Waals surface area contributed by atoms with Gasteiger partial charge in [-0.25, -0.2) is 0 Å². The molecule has 0 aromatic heterocycles. The molecule has 2 N–H and O–H groups in total. The summed E-state index contributed by atoms with van der Waals surface area (Å²) in [6.07, 6.45) is -1.34. The number of benzene rings is 5. The van der Waals surface area contributed by atoms with Gasteiger partial charge in [-0.2, -0.15) is 0 Å². The summed E-state index contributed by atoms with van der Waals surface area (Å²) in [5.41, 5.74) is 4.31. The molecule has 43 heavy (non-hydrogen) atoms. The first kappa shape index (κ1) is 29.6. The van der Waals surface area contributed by atoms with E-state index in [-0.39, 0.29) is 0 Å². The molecule has 5 aromatic carbocycles. The number of ether oxygens (including phenoxy) is 2. The van der Waals surface area contributed by atoms with Crippen LogP contribution in [0.2, 0.25) is 0 Å². The first-order chi connectivity index (χ1) is 21.1. The Balaban J connectivity index is 1.44. The van der Waals surface area contributed by atoms with E-state index in [1.54, 1.807) is 23.1 Å². The monoisotopic (exact) mass is 573 g/mol. The van der Waals surface area contributed by atoms with Gasteiger partial charge in [0.25, 0.3) is 0 Å². The number of aliphatic hydroxyl groups excluding tert-OH is 1. The third kappa shape index (κ3) is 8.32. The zero-order chi connectivity index (χ0) is 29.9. The van der Waals surface area contributed by atoms with Gasteiger partial charge in [-0.3, -0.25) is 9.69 Å². The topological polar surface area (TPSA) is 79.2 Å². The molecule has 0 fully saturated rings. The highest BCUT2D eigenvalue weighted by Gasteiger charge is 2.34. The number of rotatable bonds is 14. The molecule has 0 spiro atoms. The van der Waals surface area contributed by atoms with Crippen molar-refractivity contribution < 1.29 is 24.5 Å². The summed E-state index contributed by atoms with van der Waals surface area (Å²) in [5.74, 6) is -0.179. The first-order valence-electron chi connectivity index (χ1n) is 14.3. The molecule has 2 unspecified atom stereocenters. The summed E-state index contributed by atoms with van der Waals surface area (Å²) in [6, 6.07) is 42.8. The summed E-state index contributed by atoms with van der Waals surface area (Å²) in [7, 11) is 0. The molecule has 5 aromatic rings. The maximum Gasteiger partial charge on any atom is 0.324 e. The zero-order valence-corrected chi connectivity index (χ0v) is 23.8. The molecule has 218 valence electrons. The van der Waals surface area contributed by atoms with Gasteiger partial charge in [0.1, 0.15) is 25.4 Å². The lowest BCUT2D eigenvalue weighted by atomic mass is 9.98. The second-order valence-corrected chi connectivity index (χ2v) is 10.4. The lowest BCUT2D eigenvalue weighted by molar-refractivity contribution is -0.149. The normalized spacial score (nSPS) is 12.4. The van der Waals surface area contributed by atoms with Gasteiger partial charge in [-0.1, -0.05) is 127 Å². The van der Waals surface area contributed by atoms with Crippen LogP contribution in [0.1, 0.15) is 33.9 Å². The molecule has 6 nitrogen and oxygen atoms in total. The van der Waals surface area contributed by atoms with Crippen molar-refractivity contribution in [2.75, 3.05) is 0 Å². The van der Waals surface area contributed by atoms with Crippen LogP contribution in [0.15, 0.2) is 140 Å². The van der Waals surface area contributed by atoms with Gasteiger partial charge < -0.3 is 19.7 Å². The van der Waals surface area contributed by atoms with Crippen molar-refractivity contribution in [2.24, 2.45) is 0 Å². The van der Waals surface area contributed by atoms with Gasteiger partial charge in [0.2, 0.25) is 0 Å². The van der Waals surface area contributed by atoms with E-state index >= 15 is 0 Å². The van der Waals surface area contributed by atoms with Gasteiger partial charge in [0, 0.05) is 13.1 Å². The molecule has 0 heterocycles. The average Bonchev–Trinajstić information content (AvgIpc) is 3.05. The van der Waals surface area contributed by atoms with E-state index in [0.29, 0.717) is 43.4 Å². The van der Waals surface area contributed by atoms with Crippen LogP contribution in [-0.2, 0) is 31.1 Å². The fraction of sp³-hybridized carbons (Fsp3) is 0.162. The van der Waals surface area contributed by atoms with E-state index in [2.05, 4.69) is 0 Å². The molecule has 0 aliphatic carbocycles. The van der Waals surface area contributed by atoms with E-state index < -0.39 is 18.1 Å². The Morgan fingerprint density at radius 1 is 0.581 bits per heavy atom. The highest BCUT2D eigenvalue weighted by Crippen LogP contribution is 2.34. The molecule has 6 heteroatoms. The molecule has 5 rings (SSSR count). The van der Waals surface area contributed by atoms with Crippen molar-refractivity contribution in [1.82, 2.24) is 4.90 Å². The van der Waals surface area contributed by atoms with E-state index in [1.165, 1.54) is 0 Å². The Morgan fingerprint density at radius 3 is 1.44 bits per heavy atom. The number of carbonyl (C=O) groups is 1. The van der Waals surface area contributed by atoms with Crippen LogP contribution in [0.4, 0.5) is 0 Å². The molecule has 0 aliphatic heterocycles. The molecule has 0 radical (unpaired) electrons. The van der Waals surface area contributed by atoms with Crippen molar-refractivity contribution >= 4 is 5.97 Å². The van der Waals surface area contributed by atoms with Gasteiger partial charge in [-0.05, 0) is 39.9 Å². The van der Waals surface area contributed by atoms with Crippen molar-refractivity contribution in [2.45, 2.75) is 38.4 Å². The minimum atomic E-state index is -1.34. The summed E-state index contributed by atoms with van der Waals surface area (Å²) in [5, 5.41) is 22.1. The predicted molar refractivity (Wildman–Crippen MR) is 167 cm³/mol. The van der Waals surface area contributed by atoms with Crippen LogP contribution in [-0.4, -0.2) is 27.1 Å². The summed E-state index contributed by atoms with van der Waals surface area (Å²) in [4.78, 5) is 14.6. The molecule has 0 saturated carbocycles. The van der Waals surface area contributed by atoms with E-state index in [1.807, 2.05) is 121 Å². The third-order valence-electron chi connectivity index (χ3n) is 7.19. The van der Waals surface area contributed by atoms with Crippen LogP contribution < -0.4 is 9.47 Å². The maximum atomic E-state index is 12.8. The number of hydrogen-bond donors (Lipinski definition) is 2. The second-order valence-electron chi connectivity index (χ2n) is 10.4. The van der Waals surface area contributed by atoms with Crippen LogP contribution in [0, 0.1) is 0 Å². The third-order valence-corrected chi connectivity index (χ3v) is 7.19. The van der Waals surface area contributed by atoms with Gasteiger partial charge in [-0.15, -0.1) is 0 Å². The van der Waals surface area contributed by atoms with Gasteiger partial charge in [0.05, 0.1) is 0 Å². The molecular weight excluding hydrogens is 538 g/mol. The highest BCUT2D eigenvalue weighted by atomic mass is 16.5. The van der Waals surface area contributed by atoms with Crippen molar-refractivity contribution in [1.29, 1.82) is 0 Å². The Labute approximate surface area is 252 Å². The van der Waals surface area contributed by atoms with Crippen molar-refractivity contribution in [3.05, 3.63) is 167 Å². The van der Waals surface area contributed by atoms with Crippen molar-refractivity contribution in [3.8, 4) is 11.5 Å². The summed E-state index contributed by atoms with van der Waals surface area (Å²) >= 11 is 0. The molecule has 0 amide bonds. The Bertz CT molecular complexity index is 1520. The Hall–Kier alpha value is -4.91. The molecule has 2 atom stereocenters. The van der Waals surface area contributed by atoms with Crippen LogP contribution in [0.3, 0.4) is 0 Å². The standard InChI is InChI=1S/C37H35NO5/c39-36(35(37(40)41)38(24-28-13-5-1-6-14-28)25-29-15-7-2-8-16-29)32-21-22-33(42-26-30-17-9-3-10-18-30)34(23-32)43-27-31-19-11-4-12-20-31/h1-23,35-36,39H,24-27H2,(H,40,41). The number of nitrogens with zero attached hydrogens (tertiary/aromatic N) is 1. The first-order valence-corrected chi connectivity index (χ1v) is 14.3. The highest BCUT2D eigenvalue weighted by molar-refractivity contribution is 5.74. The zero-order valence-electron chi connectivity index (χ0n) is 23.8. The van der Waals surface area contributed by atoms with Crippen LogP contribution in [0.25, 0.3) is 0 Å². The predicted octanol–water partition coefficient (Wildman–Crippen LogP) is 7.03. The van der Waals surface area contributed by atoms with Crippen LogP contribution >= 0.6 is 0 Å². The minimum Gasteiger partial charge on any atom is -0.485 e. The summed E-state index contributed by atoms with van der Waals surface area (Å²) in [6.45, 7) is 1.32. The fourth-order valence-corrected chi connectivity index (χ4v) is 4.97. The van der Waals surface area contributed by atoms with E-state index in [0.717, 1.165) is 22.3 Å². The lowest BCUT2D eigenvalue weighted by Gasteiger charge is -2.32. The largest absolute Gasteiger partial charge is 0.485 e. The Kier molecular flexibility index (Phi) is 10.2. The number of carboxylic acid groups (broad SMARTS) is 1. The SMILES string of the molecule is O=C(O)C(C(O)c1ccc(OCc2ccccc2)c(OCc2ccccc2)c1)N(Cc1ccccc1)Cc1ccccc1. The van der Waals surface area contributed by atoms with Gasteiger partial charge >= 0.3 is 5.97 Å². The van der Waals surface area contributed by atoms with E-state index in [4.69, 9.17) is 9.47 Å². The molecule has 0 aliphatic rings. The number of aliphatic hydroxyl groups is 1. The average molecular weight is 574 g/mol. The molecular formula is C37H35NO5. The van der Waals surface area contributed by atoms with Gasteiger partial charge in [0.15, 0.2) is 11.5 Å². The smallest absolute Gasteiger partial charge is 0.324 e. The molecule has 0 saturated heterocycles. The fourth-order valence-electron chi connectivity index (χ4n) is 4.97. The number of aliphatic carboxylic acids is 1. The minimum absolute atomic E-state index is 0.290. The van der Waals surface area contributed by atoms with Crippen molar-refractivity contribution in [3.63, 3.8) is 0 Å². The van der Waals surface area contributed by atoms with E-state index in [9.17, 15) is 15.0 Å². The summed E-state index contributed by atoms with van der Waals surface area (Å²) < 4.78 is 12.3.